The van der Waals surface area contributed by atoms with E-state index in [1.807, 2.05) is 0 Å². The van der Waals surface area contributed by atoms with Crippen LogP contribution in [0.25, 0.3) is 0 Å². The summed E-state index contributed by atoms with van der Waals surface area (Å²) in [5.41, 5.74) is -0.355. The van der Waals surface area contributed by atoms with Gasteiger partial charge in [-0.05, 0) is 18.2 Å². The van der Waals surface area contributed by atoms with Gasteiger partial charge in [-0.25, -0.2) is 14.8 Å². The quantitative estimate of drug-likeness (QED) is 0.685. The molecule has 2 heterocycles. The Balaban J connectivity index is 1.63. The molecule has 0 aromatic heterocycles. The number of hydrogen-bond acceptors (Lipinski definition) is 6. The number of carbonyl (C=O) groups is 3. The average Bonchev–Trinajstić information content (AvgIpc) is 3.12. The van der Waals surface area contributed by atoms with Gasteiger partial charge in [0.05, 0.1) is 29.0 Å². The number of carboxylic acids is 1. The summed E-state index contributed by atoms with van der Waals surface area (Å²) in [5.74, 6) is -2.34. The normalized spacial score (nSPS) is 19.2. The molecule has 0 radical (unpaired) electrons. The van der Waals surface area contributed by atoms with Crippen molar-refractivity contribution in [1.82, 2.24) is 15.3 Å². The Kier molecular flexibility index (Phi) is 5.62. The highest BCUT2D eigenvalue weighted by molar-refractivity contribution is 8.00. The average molecular weight is 427 g/mol. The Morgan fingerprint density at radius 1 is 1.41 bits per heavy atom. The number of amides is 2. The van der Waals surface area contributed by atoms with Crippen molar-refractivity contribution in [2.45, 2.75) is 10.9 Å². The van der Waals surface area contributed by atoms with Crippen LogP contribution in [0.2, 0.25) is 10.0 Å². The van der Waals surface area contributed by atoms with Gasteiger partial charge < -0.3 is 10.4 Å². The van der Waals surface area contributed by atoms with Crippen molar-refractivity contribution in [2.75, 3.05) is 18.8 Å². The zero-order chi connectivity index (χ0) is 19.7. The second-order valence-electron chi connectivity index (χ2n) is 5.72. The van der Waals surface area contributed by atoms with Crippen molar-refractivity contribution >= 4 is 52.7 Å². The Bertz CT molecular complexity index is 914. The van der Waals surface area contributed by atoms with E-state index in [2.05, 4.69) is 5.32 Å². The molecule has 1 fully saturated rings. The van der Waals surface area contributed by atoms with Gasteiger partial charge in [0.15, 0.2) is 5.70 Å². The lowest BCUT2D eigenvalue weighted by molar-refractivity contribution is -0.143. The number of hydrazine groups is 1. The first-order valence-electron chi connectivity index (χ1n) is 7.64. The van der Waals surface area contributed by atoms with Gasteiger partial charge in [0.1, 0.15) is 6.04 Å². The molecule has 3 rings (SSSR count). The van der Waals surface area contributed by atoms with Gasteiger partial charge in [0.25, 0.3) is 5.91 Å². The summed E-state index contributed by atoms with van der Waals surface area (Å²) in [4.78, 5) is 36.7. The third kappa shape index (κ3) is 3.89. The van der Waals surface area contributed by atoms with E-state index < -0.39 is 23.8 Å². The van der Waals surface area contributed by atoms with E-state index in [4.69, 9.17) is 28.5 Å². The Labute approximate surface area is 168 Å². The highest BCUT2D eigenvalue weighted by Crippen LogP contribution is 2.31. The number of halogens is 2. The van der Waals surface area contributed by atoms with Crippen molar-refractivity contribution in [1.29, 1.82) is 5.26 Å². The molecule has 2 aliphatic heterocycles. The third-order valence-electron chi connectivity index (χ3n) is 3.95. The topological polar surface area (TPSA) is 114 Å². The van der Waals surface area contributed by atoms with Gasteiger partial charge in [-0.1, -0.05) is 23.2 Å². The standard InChI is InChI=1S/C16H12Cl2N4O4S/c17-9-1-2-10(18)12(3-9)27-7-13(23)20-11-6-21-5-8(4-19)14(16(25)26)22(21)15(11)24/h1-3,11H,5-7H2,(H,20,23)(H,25,26)/t11-/m0/s1. The SMILES string of the molecule is N#CC1=C(C(=O)O)N2C(=O)[C@@H](NC(=O)CSc3cc(Cl)ccc3Cl)CN2C1. The second-order valence-corrected chi connectivity index (χ2v) is 7.59. The Morgan fingerprint density at radius 2 is 2.15 bits per heavy atom. The van der Waals surface area contributed by atoms with E-state index in [1.54, 1.807) is 24.3 Å². The number of carboxylic acid groups (broad SMARTS) is 1. The first kappa shape index (κ1) is 19.5. The van der Waals surface area contributed by atoms with Gasteiger partial charge in [-0.15, -0.1) is 11.8 Å². The number of thioether (sulfide) groups is 1. The number of rotatable bonds is 5. The van der Waals surface area contributed by atoms with Crippen LogP contribution >= 0.6 is 35.0 Å². The number of aliphatic carboxylic acids is 1. The number of nitriles is 1. The van der Waals surface area contributed by atoms with Crippen LogP contribution in [0.4, 0.5) is 0 Å². The molecule has 8 nitrogen and oxygen atoms in total. The highest BCUT2D eigenvalue weighted by atomic mass is 35.5. The van der Waals surface area contributed by atoms with E-state index in [0.717, 1.165) is 5.01 Å². The van der Waals surface area contributed by atoms with Crippen LogP contribution in [-0.2, 0) is 14.4 Å². The van der Waals surface area contributed by atoms with Crippen molar-refractivity contribution < 1.29 is 19.5 Å². The molecule has 1 aromatic carbocycles. The summed E-state index contributed by atoms with van der Waals surface area (Å²) in [6, 6.07) is 5.81. The molecule has 27 heavy (non-hydrogen) atoms. The van der Waals surface area contributed by atoms with E-state index in [1.165, 1.54) is 16.8 Å². The number of carbonyl (C=O) groups excluding carboxylic acids is 2. The summed E-state index contributed by atoms with van der Waals surface area (Å²) in [5, 5.41) is 24.2. The van der Waals surface area contributed by atoms with Crippen LogP contribution in [0, 0.1) is 11.3 Å². The maximum atomic E-state index is 12.5. The molecule has 2 aliphatic rings. The van der Waals surface area contributed by atoms with Crippen molar-refractivity contribution in [3.63, 3.8) is 0 Å². The zero-order valence-electron chi connectivity index (χ0n) is 13.6. The van der Waals surface area contributed by atoms with Gasteiger partial charge >= 0.3 is 5.97 Å². The first-order valence-corrected chi connectivity index (χ1v) is 9.38. The van der Waals surface area contributed by atoms with Gasteiger partial charge in [-0.3, -0.25) is 9.59 Å². The number of fused-ring (bicyclic) bond motifs is 1. The van der Waals surface area contributed by atoms with Crippen LogP contribution in [0.15, 0.2) is 34.4 Å². The molecule has 1 saturated heterocycles. The minimum absolute atomic E-state index is 0.00628. The molecule has 0 aliphatic carbocycles. The van der Waals surface area contributed by atoms with Crippen molar-refractivity contribution in [3.05, 3.63) is 39.5 Å². The van der Waals surface area contributed by atoms with Gasteiger partial charge in [0, 0.05) is 16.5 Å². The summed E-state index contributed by atoms with van der Waals surface area (Å²) in [6.07, 6.45) is 0. The smallest absolute Gasteiger partial charge is 0.355 e. The maximum Gasteiger partial charge on any atom is 0.355 e. The second kappa shape index (κ2) is 7.78. The molecular weight excluding hydrogens is 415 g/mol. The van der Waals surface area contributed by atoms with E-state index in [9.17, 15) is 19.5 Å². The summed E-state index contributed by atoms with van der Waals surface area (Å²) in [7, 11) is 0. The molecule has 0 bridgehead atoms. The number of nitrogens with zero attached hydrogens (tertiary/aromatic N) is 3. The number of nitrogens with one attached hydrogen (secondary N) is 1. The fourth-order valence-corrected chi connectivity index (χ4v) is 4.12. The highest BCUT2D eigenvalue weighted by Gasteiger charge is 2.48. The molecule has 0 saturated carbocycles. The lowest BCUT2D eigenvalue weighted by atomic mass is 10.2. The predicted octanol–water partition coefficient (Wildman–Crippen LogP) is 1.51. The zero-order valence-corrected chi connectivity index (χ0v) is 15.9. The maximum absolute atomic E-state index is 12.5. The monoisotopic (exact) mass is 426 g/mol. The summed E-state index contributed by atoms with van der Waals surface area (Å²) >= 11 is 13.1. The van der Waals surface area contributed by atoms with Crippen LogP contribution in [0.1, 0.15) is 0 Å². The molecule has 2 amide bonds. The largest absolute Gasteiger partial charge is 0.476 e. The minimum Gasteiger partial charge on any atom is -0.476 e. The first-order chi connectivity index (χ1) is 12.8. The summed E-state index contributed by atoms with van der Waals surface area (Å²) < 4.78 is 0. The van der Waals surface area contributed by atoms with Crippen LogP contribution < -0.4 is 5.32 Å². The summed E-state index contributed by atoms with van der Waals surface area (Å²) in [6.45, 7) is 0.109. The predicted molar refractivity (Wildman–Crippen MR) is 97.8 cm³/mol. The molecule has 0 spiro atoms. The van der Waals surface area contributed by atoms with E-state index in [0.29, 0.717) is 14.9 Å². The molecule has 140 valence electrons. The van der Waals surface area contributed by atoms with E-state index >= 15 is 0 Å². The fourth-order valence-electron chi connectivity index (χ4n) is 2.81. The van der Waals surface area contributed by atoms with Crippen LogP contribution in [0.5, 0.6) is 0 Å². The van der Waals surface area contributed by atoms with Gasteiger partial charge in [0.2, 0.25) is 5.91 Å². The van der Waals surface area contributed by atoms with Crippen LogP contribution in [0.3, 0.4) is 0 Å². The van der Waals surface area contributed by atoms with Crippen molar-refractivity contribution in [2.24, 2.45) is 0 Å². The van der Waals surface area contributed by atoms with Crippen molar-refractivity contribution in [3.8, 4) is 6.07 Å². The lowest BCUT2D eigenvalue weighted by Crippen LogP contribution is -2.43. The Morgan fingerprint density at radius 3 is 2.81 bits per heavy atom. The van der Waals surface area contributed by atoms with E-state index in [-0.39, 0.29) is 30.1 Å². The molecule has 1 atom stereocenters. The molecule has 11 heteroatoms. The molecule has 1 aromatic rings. The fraction of sp³-hybridized carbons (Fsp3) is 0.250. The molecule has 0 unspecified atom stereocenters. The minimum atomic E-state index is -1.36. The number of benzene rings is 1. The molecular formula is C16H12Cl2N4O4S. The van der Waals surface area contributed by atoms with Gasteiger partial charge in [-0.2, -0.15) is 5.26 Å². The van der Waals surface area contributed by atoms with Crippen LogP contribution in [-0.4, -0.2) is 57.8 Å². The Hall–Kier alpha value is -2.25. The third-order valence-corrected chi connectivity index (χ3v) is 5.68. The molecule has 2 N–H and O–H groups in total. The lowest BCUT2D eigenvalue weighted by Gasteiger charge is -2.18. The number of hydrogen-bond donors (Lipinski definition) is 2.